The molecule has 4 atom stereocenters. The first-order chi connectivity index (χ1) is 13.3. The Morgan fingerprint density at radius 2 is 1.28 bits per heavy atom. The van der Waals surface area contributed by atoms with Gasteiger partial charge < -0.3 is 31.9 Å². The molecule has 7 N–H and O–H groups in total. The van der Waals surface area contributed by atoms with Crippen LogP contribution in [0.1, 0.15) is 48.0 Å². The topological polar surface area (TPSA) is 171 Å². The van der Waals surface area contributed by atoms with E-state index in [2.05, 4.69) is 16.0 Å². The molecule has 0 aromatic rings. The lowest BCUT2D eigenvalue weighted by molar-refractivity contribution is -0.143. The Labute approximate surface area is 172 Å². The van der Waals surface area contributed by atoms with Gasteiger partial charge in [0.25, 0.3) is 0 Å². The Morgan fingerprint density at radius 3 is 1.66 bits per heavy atom. The SMILES string of the molecule is CC(C)CC(NC(=O)C(N)C(C)C)C(=O)NC(CO)C(=O)NC(C(=O)O)C(C)C. The monoisotopic (exact) mass is 416 g/mol. The molecule has 29 heavy (non-hydrogen) atoms. The van der Waals surface area contributed by atoms with E-state index in [0.717, 1.165) is 0 Å². The van der Waals surface area contributed by atoms with Crippen molar-refractivity contribution in [2.24, 2.45) is 23.5 Å². The number of aliphatic hydroxyl groups is 1. The van der Waals surface area contributed by atoms with Crippen LogP contribution in [0.4, 0.5) is 0 Å². The van der Waals surface area contributed by atoms with Gasteiger partial charge in [0.05, 0.1) is 12.6 Å². The minimum atomic E-state index is -1.35. The first-order valence-corrected chi connectivity index (χ1v) is 9.82. The highest BCUT2D eigenvalue weighted by Gasteiger charge is 2.31. The summed E-state index contributed by atoms with van der Waals surface area (Å²) in [5.74, 6) is -3.65. The van der Waals surface area contributed by atoms with Gasteiger partial charge >= 0.3 is 5.97 Å². The summed E-state index contributed by atoms with van der Waals surface area (Å²) < 4.78 is 0. The van der Waals surface area contributed by atoms with Gasteiger partial charge in [-0.3, -0.25) is 14.4 Å². The van der Waals surface area contributed by atoms with Gasteiger partial charge in [0.15, 0.2) is 0 Å². The number of rotatable bonds is 12. The molecule has 0 rings (SSSR count). The highest BCUT2D eigenvalue weighted by Crippen LogP contribution is 2.08. The number of carboxylic acid groups (broad SMARTS) is 1. The van der Waals surface area contributed by atoms with Gasteiger partial charge in [-0.25, -0.2) is 4.79 Å². The normalized spacial score (nSPS) is 15.6. The second-order valence-corrected chi connectivity index (χ2v) is 8.27. The third-order valence-electron chi connectivity index (χ3n) is 4.41. The molecule has 10 heteroatoms. The molecule has 0 aliphatic carbocycles. The molecule has 0 aromatic carbocycles. The van der Waals surface area contributed by atoms with Crippen molar-refractivity contribution in [1.29, 1.82) is 0 Å². The number of carboxylic acids is 1. The van der Waals surface area contributed by atoms with E-state index >= 15 is 0 Å². The van der Waals surface area contributed by atoms with Gasteiger partial charge in [-0.1, -0.05) is 41.5 Å². The molecule has 4 unspecified atom stereocenters. The van der Waals surface area contributed by atoms with E-state index in [1.807, 2.05) is 13.8 Å². The summed E-state index contributed by atoms with van der Waals surface area (Å²) >= 11 is 0. The fraction of sp³-hybridized carbons (Fsp3) is 0.789. The van der Waals surface area contributed by atoms with Crippen LogP contribution in [-0.2, 0) is 19.2 Å². The third-order valence-corrected chi connectivity index (χ3v) is 4.41. The van der Waals surface area contributed by atoms with Gasteiger partial charge in [0, 0.05) is 0 Å². The minimum absolute atomic E-state index is 0.0556. The van der Waals surface area contributed by atoms with Crippen LogP contribution < -0.4 is 21.7 Å². The number of nitrogens with two attached hydrogens (primary N) is 1. The molecular formula is C19H36N4O6. The fourth-order valence-corrected chi connectivity index (χ4v) is 2.51. The van der Waals surface area contributed by atoms with Crippen LogP contribution in [0.25, 0.3) is 0 Å². The van der Waals surface area contributed by atoms with Crippen LogP contribution >= 0.6 is 0 Å². The Kier molecular flexibility index (Phi) is 11.4. The van der Waals surface area contributed by atoms with Crippen molar-refractivity contribution in [2.45, 2.75) is 72.1 Å². The second kappa shape index (κ2) is 12.4. The average molecular weight is 417 g/mol. The number of aliphatic carboxylic acids is 1. The summed E-state index contributed by atoms with van der Waals surface area (Å²) in [7, 11) is 0. The van der Waals surface area contributed by atoms with Crippen LogP contribution in [0.15, 0.2) is 0 Å². The summed E-state index contributed by atoms with van der Waals surface area (Å²) in [4.78, 5) is 48.5. The summed E-state index contributed by atoms with van der Waals surface area (Å²) in [5.41, 5.74) is 5.82. The molecule has 0 radical (unpaired) electrons. The zero-order valence-electron chi connectivity index (χ0n) is 18.1. The maximum atomic E-state index is 12.7. The second-order valence-electron chi connectivity index (χ2n) is 8.27. The molecule has 10 nitrogen and oxygen atoms in total. The third kappa shape index (κ3) is 9.23. The highest BCUT2D eigenvalue weighted by molar-refractivity contribution is 5.94. The largest absolute Gasteiger partial charge is 0.480 e. The van der Waals surface area contributed by atoms with Crippen LogP contribution in [0.3, 0.4) is 0 Å². The van der Waals surface area contributed by atoms with E-state index < -0.39 is 60.4 Å². The molecule has 0 saturated carbocycles. The van der Waals surface area contributed by atoms with E-state index in [1.54, 1.807) is 27.7 Å². The predicted molar refractivity (Wildman–Crippen MR) is 108 cm³/mol. The van der Waals surface area contributed by atoms with Crippen molar-refractivity contribution in [1.82, 2.24) is 16.0 Å². The quantitative estimate of drug-likeness (QED) is 0.242. The first kappa shape index (κ1) is 26.8. The molecule has 0 saturated heterocycles. The maximum Gasteiger partial charge on any atom is 0.326 e. The summed E-state index contributed by atoms with van der Waals surface area (Å²) in [6, 6.07) is -4.26. The standard InChI is InChI=1S/C19H36N4O6/c1-9(2)7-12(21-18(27)14(20)10(3)4)16(25)22-13(8-24)17(26)23-15(11(5)6)19(28)29/h9-15,24H,7-8,20H2,1-6H3,(H,21,27)(H,22,25)(H,23,26)(H,28,29). The van der Waals surface area contributed by atoms with E-state index in [1.165, 1.54) is 0 Å². The van der Waals surface area contributed by atoms with E-state index in [-0.39, 0.29) is 11.8 Å². The van der Waals surface area contributed by atoms with Gasteiger partial charge in [0.2, 0.25) is 17.7 Å². The lowest BCUT2D eigenvalue weighted by atomic mass is 10.00. The van der Waals surface area contributed by atoms with Crippen molar-refractivity contribution < 1.29 is 29.4 Å². The molecule has 3 amide bonds. The molecular weight excluding hydrogens is 380 g/mol. The van der Waals surface area contributed by atoms with Crippen LogP contribution in [0.5, 0.6) is 0 Å². The number of amides is 3. The van der Waals surface area contributed by atoms with E-state index in [0.29, 0.717) is 6.42 Å². The smallest absolute Gasteiger partial charge is 0.326 e. The van der Waals surface area contributed by atoms with Crippen molar-refractivity contribution in [2.75, 3.05) is 6.61 Å². The molecule has 0 aliphatic heterocycles. The summed E-state index contributed by atoms with van der Waals surface area (Å²) in [6.45, 7) is 9.81. The molecule has 0 aliphatic rings. The predicted octanol–water partition coefficient (Wildman–Crippen LogP) is -0.797. The highest BCUT2D eigenvalue weighted by atomic mass is 16.4. The van der Waals surface area contributed by atoms with E-state index in [9.17, 15) is 29.4 Å². The zero-order chi connectivity index (χ0) is 22.9. The van der Waals surface area contributed by atoms with Crippen LogP contribution in [0.2, 0.25) is 0 Å². The first-order valence-electron chi connectivity index (χ1n) is 9.82. The molecule has 0 heterocycles. The Balaban J connectivity index is 5.25. The van der Waals surface area contributed by atoms with Gasteiger partial charge in [-0.05, 0) is 24.2 Å². The van der Waals surface area contributed by atoms with Gasteiger partial charge in [-0.2, -0.15) is 0 Å². The van der Waals surface area contributed by atoms with Crippen molar-refractivity contribution in [3.63, 3.8) is 0 Å². The number of hydrogen-bond donors (Lipinski definition) is 6. The molecule has 0 aromatic heterocycles. The minimum Gasteiger partial charge on any atom is -0.480 e. The zero-order valence-corrected chi connectivity index (χ0v) is 18.1. The Hall–Kier alpha value is -2.20. The fourth-order valence-electron chi connectivity index (χ4n) is 2.51. The lowest BCUT2D eigenvalue weighted by Gasteiger charge is -2.26. The van der Waals surface area contributed by atoms with Crippen molar-refractivity contribution in [3.8, 4) is 0 Å². The number of carbonyl (C=O) groups excluding carboxylic acids is 3. The van der Waals surface area contributed by atoms with Crippen LogP contribution in [-0.4, -0.2) is 64.7 Å². The van der Waals surface area contributed by atoms with Gasteiger partial charge in [0.1, 0.15) is 18.1 Å². The number of nitrogens with one attached hydrogen (secondary N) is 3. The van der Waals surface area contributed by atoms with Crippen molar-refractivity contribution in [3.05, 3.63) is 0 Å². The summed E-state index contributed by atoms with van der Waals surface area (Å²) in [6.07, 6.45) is 0.298. The van der Waals surface area contributed by atoms with Crippen molar-refractivity contribution >= 4 is 23.7 Å². The maximum absolute atomic E-state index is 12.7. The molecule has 0 spiro atoms. The molecule has 0 fully saturated rings. The molecule has 168 valence electrons. The van der Waals surface area contributed by atoms with Crippen LogP contribution in [0, 0.1) is 17.8 Å². The van der Waals surface area contributed by atoms with Gasteiger partial charge in [-0.15, -0.1) is 0 Å². The number of carbonyl (C=O) groups is 4. The lowest BCUT2D eigenvalue weighted by Crippen LogP contribution is -2.59. The summed E-state index contributed by atoms with van der Waals surface area (Å²) in [5, 5.41) is 26.0. The molecule has 0 bridgehead atoms. The number of hydrogen-bond acceptors (Lipinski definition) is 6. The number of aliphatic hydroxyl groups excluding tert-OH is 1. The average Bonchev–Trinajstić information content (AvgIpc) is 2.61. The Morgan fingerprint density at radius 1 is 0.793 bits per heavy atom. The van der Waals surface area contributed by atoms with E-state index in [4.69, 9.17) is 5.73 Å². The Bertz CT molecular complexity index is 579.